The fourth-order valence-electron chi connectivity index (χ4n) is 1.24. The van der Waals surface area contributed by atoms with Crippen LogP contribution in [0.5, 0.6) is 0 Å². The van der Waals surface area contributed by atoms with Crippen LogP contribution in [-0.2, 0) is 16.1 Å². The molecule has 0 radical (unpaired) electrons. The second-order valence-corrected chi connectivity index (χ2v) is 3.71. The van der Waals surface area contributed by atoms with Gasteiger partial charge in [-0.25, -0.2) is 0 Å². The van der Waals surface area contributed by atoms with Crippen LogP contribution in [0.25, 0.3) is 0 Å². The van der Waals surface area contributed by atoms with Crippen molar-refractivity contribution >= 4 is 17.5 Å². The Kier molecular flexibility index (Phi) is 4.50. The quantitative estimate of drug-likeness (QED) is 0.693. The van der Waals surface area contributed by atoms with E-state index < -0.39 is 0 Å². The minimum Gasteiger partial charge on any atom is -0.396 e. The zero-order chi connectivity index (χ0) is 12.8. The summed E-state index contributed by atoms with van der Waals surface area (Å²) >= 11 is 0. The molecule has 2 amide bonds. The number of aromatic nitrogens is 2. The van der Waals surface area contributed by atoms with Gasteiger partial charge >= 0.3 is 0 Å². The van der Waals surface area contributed by atoms with Gasteiger partial charge in [0.15, 0.2) is 0 Å². The van der Waals surface area contributed by atoms with E-state index in [1.165, 1.54) is 15.8 Å². The highest BCUT2D eigenvalue weighted by molar-refractivity contribution is 5.78. The molecule has 1 aromatic rings. The van der Waals surface area contributed by atoms with Gasteiger partial charge in [-0.15, -0.1) is 0 Å². The van der Waals surface area contributed by atoms with Crippen molar-refractivity contribution in [1.29, 1.82) is 0 Å². The van der Waals surface area contributed by atoms with E-state index in [-0.39, 0.29) is 18.4 Å². The molecular formula is C10H17N5O2. The van der Waals surface area contributed by atoms with Gasteiger partial charge in [-0.2, -0.15) is 5.10 Å². The number of anilines is 1. The second-order valence-electron chi connectivity index (χ2n) is 3.71. The number of nitrogens with two attached hydrogens (primary N) is 1. The number of nitrogens with zero attached hydrogens (tertiary/aromatic N) is 3. The Labute approximate surface area is 99.6 Å². The topological polar surface area (TPSA) is 93.2 Å². The highest BCUT2D eigenvalue weighted by Gasteiger charge is 2.11. The Morgan fingerprint density at radius 1 is 1.59 bits per heavy atom. The molecular weight excluding hydrogens is 222 g/mol. The molecule has 0 saturated heterocycles. The largest absolute Gasteiger partial charge is 0.396 e. The zero-order valence-electron chi connectivity index (χ0n) is 10.0. The summed E-state index contributed by atoms with van der Waals surface area (Å²) in [6.07, 6.45) is 3.36. The minimum absolute atomic E-state index is 0.0898. The smallest absolute Gasteiger partial charge is 0.244 e. The standard InChI is InChI=1S/C10H17N5O2/c1-12-9(16)3-4-14(2)10(17)7-15-6-8(11)5-13-15/h5-6H,3-4,7,11H2,1-2H3,(H,12,16). The summed E-state index contributed by atoms with van der Waals surface area (Å²) in [6.45, 7) is 0.511. The van der Waals surface area contributed by atoms with Gasteiger partial charge in [0.05, 0.1) is 11.9 Å². The van der Waals surface area contributed by atoms with Crippen LogP contribution in [0.2, 0.25) is 0 Å². The Hall–Kier alpha value is -2.05. The summed E-state index contributed by atoms with van der Waals surface area (Å²) in [7, 11) is 3.22. The van der Waals surface area contributed by atoms with E-state index in [0.29, 0.717) is 18.7 Å². The molecule has 7 nitrogen and oxygen atoms in total. The molecule has 0 aromatic carbocycles. The van der Waals surface area contributed by atoms with Crippen LogP contribution >= 0.6 is 0 Å². The average Bonchev–Trinajstić information content (AvgIpc) is 2.70. The molecule has 3 N–H and O–H groups in total. The molecule has 0 aliphatic carbocycles. The van der Waals surface area contributed by atoms with Crippen LogP contribution in [0.1, 0.15) is 6.42 Å². The summed E-state index contributed by atoms with van der Waals surface area (Å²) in [5.74, 6) is -0.204. The lowest BCUT2D eigenvalue weighted by atomic mass is 10.3. The Morgan fingerprint density at radius 3 is 2.82 bits per heavy atom. The molecule has 1 rings (SSSR count). The van der Waals surface area contributed by atoms with Crippen LogP contribution in [0.4, 0.5) is 5.69 Å². The SMILES string of the molecule is CNC(=O)CCN(C)C(=O)Cn1cc(N)cn1. The van der Waals surface area contributed by atoms with Crippen LogP contribution in [0.3, 0.4) is 0 Å². The highest BCUT2D eigenvalue weighted by Crippen LogP contribution is 1.99. The van der Waals surface area contributed by atoms with Crippen LogP contribution in [0, 0.1) is 0 Å². The van der Waals surface area contributed by atoms with Gasteiger partial charge in [0.1, 0.15) is 6.54 Å². The zero-order valence-corrected chi connectivity index (χ0v) is 10.0. The Bertz CT molecular complexity index is 401. The fraction of sp³-hybridized carbons (Fsp3) is 0.500. The highest BCUT2D eigenvalue weighted by atomic mass is 16.2. The molecule has 0 aliphatic heterocycles. The summed E-state index contributed by atoms with van der Waals surface area (Å²) in [6, 6.07) is 0. The van der Waals surface area contributed by atoms with Gasteiger partial charge < -0.3 is 16.0 Å². The maximum absolute atomic E-state index is 11.7. The van der Waals surface area contributed by atoms with Gasteiger partial charge in [-0.1, -0.05) is 0 Å². The summed E-state index contributed by atoms with van der Waals surface area (Å²) in [5, 5.41) is 6.42. The first kappa shape index (κ1) is 13.0. The first-order chi connectivity index (χ1) is 8.02. The summed E-state index contributed by atoms with van der Waals surface area (Å²) < 4.78 is 1.47. The van der Waals surface area contributed by atoms with Crippen LogP contribution in [-0.4, -0.2) is 47.1 Å². The van der Waals surface area contributed by atoms with Gasteiger partial charge in [0, 0.05) is 33.3 Å². The maximum Gasteiger partial charge on any atom is 0.244 e. The van der Waals surface area contributed by atoms with E-state index in [2.05, 4.69) is 10.4 Å². The van der Waals surface area contributed by atoms with Crippen molar-refractivity contribution in [2.45, 2.75) is 13.0 Å². The third-order valence-electron chi connectivity index (χ3n) is 2.33. The molecule has 0 aliphatic rings. The van der Waals surface area contributed by atoms with Gasteiger partial charge in [0.25, 0.3) is 0 Å². The summed E-state index contributed by atoms with van der Waals surface area (Å²) in [4.78, 5) is 24.2. The molecule has 0 unspecified atom stereocenters. The van der Waals surface area contributed by atoms with E-state index in [9.17, 15) is 9.59 Å². The lowest BCUT2D eigenvalue weighted by Crippen LogP contribution is -2.33. The molecule has 0 spiro atoms. The maximum atomic E-state index is 11.7. The molecule has 17 heavy (non-hydrogen) atoms. The molecule has 1 heterocycles. The Morgan fingerprint density at radius 2 is 2.29 bits per heavy atom. The third kappa shape index (κ3) is 4.13. The van der Waals surface area contributed by atoms with Crippen molar-refractivity contribution in [2.24, 2.45) is 0 Å². The lowest BCUT2D eigenvalue weighted by Gasteiger charge is -2.16. The number of hydrogen-bond donors (Lipinski definition) is 2. The van der Waals surface area contributed by atoms with E-state index >= 15 is 0 Å². The number of carbonyl (C=O) groups is 2. The van der Waals surface area contributed by atoms with Crippen molar-refractivity contribution in [3.63, 3.8) is 0 Å². The van der Waals surface area contributed by atoms with E-state index in [1.54, 1.807) is 20.3 Å². The van der Waals surface area contributed by atoms with Crippen molar-refractivity contribution in [3.05, 3.63) is 12.4 Å². The van der Waals surface area contributed by atoms with E-state index in [4.69, 9.17) is 5.73 Å². The molecule has 0 saturated carbocycles. The lowest BCUT2D eigenvalue weighted by molar-refractivity contribution is -0.131. The third-order valence-corrected chi connectivity index (χ3v) is 2.33. The molecule has 0 atom stereocenters. The monoisotopic (exact) mass is 239 g/mol. The number of amides is 2. The van der Waals surface area contributed by atoms with Gasteiger partial charge in [-0.05, 0) is 0 Å². The number of rotatable bonds is 5. The number of likely N-dealkylation sites (N-methyl/N-ethyl adjacent to an activating group) is 1. The molecule has 94 valence electrons. The van der Waals surface area contributed by atoms with E-state index in [1.807, 2.05) is 0 Å². The minimum atomic E-state index is -0.114. The van der Waals surface area contributed by atoms with Crippen molar-refractivity contribution < 1.29 is 9.59 Å². The van der Waals surface area contributed by atoms with Gasteiger partial charge in [-0.3, -0.25) is 14.3 Å². The first-order valence-electron chi connectivity index (χ1n) is 5.25. The number of carbonyl (C=O) groups excluding carboxylic acids is 2. The Balaban J connectivity index is 2.39. The van der Waals surface area contributed by atoms with Crippen molar-refractivity contribution in [3.8, 4) is 0 Å². The predicted molar refractivity (Wildman–Crippen MR) is 63.0 cm³/mol. The first-order valence-corrected chi connectivity index (χ1v) is 5.25. The normalized spacial score (nSPS) is 10.0. The molecule has 0 fully saturated rings. The number of nitrogens with one attached hydrogen (secondary N) is 1. The van der Waals surface area contributed by atoms with Crippen molar-refractivity contribution in [1.82, 2.24) is 20.0 Å². The van der Waals surface area contributed by atoms with Crippen LogP contribution in [0.15, 0.2) is 12.4 Å². The molecule has 0 bridgehead atoms. The fourth-order valence-corrected chi connectivity index (χ4v) is 1.24. The second kappa shape index (κ2) is 5.88. The molecule has 7 heteroatoms. The summed E-state index contributed by atoms with van der Waals surface area (Å²) in [5.41, 5.74) is 6.00. The van der Waals surface area contributed by atoms with Crippen molar-refractivity contribution in [2.75, 3.05) is 26.4 Å². The van der Waals surface area contributed by atoms with E-state index in [0.717, 1.165) is 0 Å². The molecule has 1 aromatic heterocycles. The average molecular weight is 239 g/mol. The van der Waals surface area contributed by atoms with Crippen LogP contribution < -0.4 is 11.1 Å². The number of hydrogen-bond acceptors (Lipinski definition) is 4. The van der Waals surface area contributed by atoms with Gasteiger partial charge in [0.2, 0.25) is 11.8 Å². The predicted octanol–water partition coefficient (Wildman–Crippen LogP) is -0.940. The number of nitrogen functional groups attached to an aromatic ring is 1.